The van der Waals surface area contributed by atoms with E-state index < -0.39 is 0 Å². The molecule has 0 aliphatic rings. The van der Waals surface area contributed by atoms with Gasteiger partial charge in [0.15, 0.2) is 0 Å². The second kappa shape index (κ2) is 7.97. The summed E-state index contributed by atoms with van der Waals surface area (Å²) in [6.07, 6.45) is 0. The van der Waals surface area contributed by atoms with Gasteiger partial charge < -0.3 is 15.7 Å². The minimum atomic E-state index is -0.0546. The number of carbonyl (C=O) groups excluding carboxylic acids is 1. The van der Waals surface area contributed by atoms with Gasteiger partial charge in [-0.1, -0.05) is 30.3 Å². The molecular formula is C20H26N2O2. The van der Waals surface area contributed by atoms with Crippen molar-refractivity contribution < 1.29 is 9.90 Å². The van der Waals surface area contributed by atoms with Crippen molar-refractivity contribution in [3.63, 3.8) is 0 Å². The Morgan fingerprint density at radius 3 is 2.54 bits per heavy atom. The molecule has 1 amide bonds. The first-order valence-corrected chi connectivity index (χ1v) is 8.28. The SMILES string of the molecule is Cc1ccc(NC(C)c2cccc(CO)c2)cc1C(=O)NC(C)C. The van der Waals surface area contributed by atoms with Crippen LogP contribution in [0.4, 0.5) is 5.69 Å². The predicted octanol–water partition coefficient (Wildman–Crippen LogP) is 3.80. The van der Waals surface area contributed by atoms with Crippen LogP contribution >= 0.6 is 0 Å². The lowest BCUT2D eigenvalue weighted by Gasteiger charge is -2.18. The Morgan fingerprint density at radius 1 is 1.12 bits per heavy atom. The molecule has 4 heteroatoms. The number of nitrogens with one attached hydrogen (secondary N) is 2. The lowest BCUT2D eigenvalue weighted by Crippen LogP contribution is -2.30. The Morgan fingerprint density at radius 2 is 1.88 bits per heavy atom. The molecule has 0 aliphatic carbocycles. The van der Waals surface area contributed by atoms with Gasteiger partial charge in [-0.3, -0.25) is 4.79 Å². The number of benzene rings is 2. The van der Waals surface area contributed by atoms with Crippen LogP contribution in [0.3, 0.4) is 0 Å². The van der Waals surface area contributed by atoms with Crippen molar-refractivity contribution in [2.24, 2.45) is 0 Å². The van der Waals surface area contributed by atoms with Crippen LogP contribution in [0.15, 0.2) is 42.5 Å². The Bertz CT molecular complexity index is 711. The number of rotatable bonds is 6. The van der Waals surface area contributed by atoms with Crippen molar-refractivity contribution in [1.82, 2.24) is 5.32 Å². The molecule has 24 heavy (non-hydrogen) atoms. The molecule has 128 valence electrons. The van der Waals surface area contributed by atoms with Crippen molar-refractivity contribution >= 4 is 11.6 Å². The fourth-order valence-electron chi connectivity index (χ4n) is 2.59. The third kappa shape index (κ3) is 4.59. The van der Waals surface area contributed by atoms with Crippen LogP contribution in [0, 0.1) is 6.92 Å². The zero-order valence-corrected chi connectivity index (χ0v) is 14.8. The molecule has 0 heterocycles. The normalized spacial score (nSPS) is 12.1. The Balaban J connectivity index is 2.18. The van der Waals surface area contributed by atoms with E-state index in [0.717, 1.165) is 22.4 Å². The highest BCUT2D eigenvalue weighted by molar-refractivity contribution is 5.96. The molecular weight excluding hydrogens is 300 g/mol. The van der Waals surface area contributed by atoms with Crippen LogP contribution in [0.25, 0.3) is 0 Å². The summed E-state index contributed by atoms with van der Waals surface area (Å²) in [6.45, 7) is 7.93. The zero-order valence-electron chi connectivity index (χ0n) is 14.8. The van der Waals surface area contributed by atoms with E-state index in [4.69, 9.17) is 0 Å². The van der Waals surface area contributed by atoms with E-state index in [9.17, 15) is 9.90 Å². The third-order valence-corrected chi connectivity index (χ3v) is 3.92. The van der Waals surface area contributed by atoms with Gasteiger partial charge in [0.2, 0.25) is 0 Å². The van der Waals surface area contributed by atoms with Crippen LogP contribution in [-0.2, 0) is 6.61 Å². The highest BCUT2D eigenvalue weighted by Gasteiger charge is 2.12. The summed E-state index contributed by atoms with van der Waals surface area (Å²) in [5, 5.41) is 15.6. The molecule has 1 atom stereocenters. The van der Waals surface area contributed by atoms with E-state index in [-0.39, 0.29) is 24.6 Å². The number of hydrogen-bond acceptors (Lipinski definition) is 3. The van der Waals surface area contributed by atoms with Crippen molar-refractivity contribution in [2.45, 2.75) is 46.4 Å². The van der Waals surface area contributed by atoms with Crippen LogP contribution in [-0.4, -0.2) is 17.1 Å². The highest BCUT2D eigenvalue weighted by atomic mass is 16.3. The van der Waals surface area contributed by atoms with Gasteiger partial charge in [-0.05, 0) is 56.5 Å². The molecule has 4 nitrogen and oxygen atoms in total. The third-order valence-electron chi connectivity index (χ3n) is 3.92. The Hall–Kier alpha value is -2.33. The summed E-state index contributed by atoms with van der Waals surface area (Å²) in [4.78, 5) is 12.3. The van der Waals surface area contributed by atoms with Gasteiger partial charge in [-0.15, -0.1) is 0 Å². The molecule has 0 saturated heterocycles. The van der Waals surface area contributed by atoms with Gasteiger partial charge in [-0.2, -0.15) is 0 Å². The van der Waals surface area contributed by atoms with Crippen LogP contribution in [0.5, 0.6) is 0 Å². The number of aliphatic hydroxyl groups is 1. The van der Waals surface area contributed by atoms with E-state index in [1.54, 1.807) is 0 Å². The fraction of sp³-hybridized carbons (Fsp3) is 0.350. The molecule has 0 aliphatic heterocycles. The smallest absolute Gasteiger partial charge is 0.251 e. The lowest BCUT2D eigenvalue weighted by molar-refractivity contribution is 0.0942. The second-order valence-corrected chi connectivity index (χ2v) is 6.43. The zero-order chi connectivity index (χ0) is 17.7. The molecule has 0 spiro atoms. The Kier molecular flexibility index (Phi) is 5.99. The molecule has 2 aromatic rings. The summed E-state index contributed by atoms with van der Waals surface area (Å²) < 4.78 is 0. The maximum atomic E-state index is 12.3. The molecule has 2 aromatic carbocycles. The average molecular weight is 326 g/mol. The maximum Gasteiger partial charge on any atom is 0.251 e. The number of hydrogen-bond donors (Lipinski definition) is 3. The molecule has 1 unspecified atom stereocenters. The first kappa shape index (κ1) is 18.0. The topological polar surface area (TPSA) is 61.4 Å². The summed E-state index contributed by atoms with van der Waals surface area (Å²) >= 11 is 0. The van der Waals surface area contributed by atoms with Crippen molar-refractivity contribution in [3.05, 3.63) is 64.7 Å². The van der Waals surface area contributed by atoms with Crippen molar-refractivity contribution in [1.29, 1.82) is 0 Å². The van der Waals surface area contributed by atoms with E-state index in [1.807, 2.05) is 63.2 Å². The van der Waals surface area contributed by atoms with Gasteiger partial charge in [-0.25, -0.2) is 0 Å². The largest absolute Gasteiger partial charge is 0.392 e. The van der Waals surface area contributed by atoms with Crippen molar-refractivity contribution in [3.8, 4) is 0 Å². The monoisotopic (exact) mass is 326 g/mol. The number of amides is 1. The lowest BCUT2D eigenvalue weighted by atomic mass is 10.0. The summed E-state index contributed by atoms with van der Waals surface area (Å²) in [7, 11) is 0. The van der Waals surface area contributed by atoms with E-state index in [1.165, 1.54) is 0 Å². The van der Waals surface area contributed by atoms with Crippen LogP contribution in [0.1, 0.15) is 53.9 Å². The summed E-state index contributed by atoms with van der Waals surface area (Å²) in [6, 6.07) is 13.8. The maximum absolute atomic E-state index is 12.3. The van der Waals surface area contributed by atoms with Crippen LogP contribution < -0.4 is 10.6 Å². The highest BCUT2D eigenvalue weighted by Crippen LogP contribution is 2.22. The van der Waals surface area contributed by atoms with Gasteiger partial charge in [0, 0.05) is 23.3 Å². The number of carbonyl (C=O) groups is 1. The van der Waals surface area contributed by atoms with E-state index in [2.05, 4.69) is 17.6 Å². The van der Waals surface area contributed by atoms with Gasteiger partial charge in [0.25, 0.3) is 5.91 Å². The first-order valence-electron chi connectivity index (χ1n) is 8.28. The minimum absolute atomic E-state index is 0.0324. The summed E-state index contributed by atoms with van der Waals surface area (Å²) in [5.74, 6) is -0.0546. The predicted molar refractivity (Wildman–Crippen MR) is 98.2 cm³/mol. The number of aliphatic hydroxyl groups excluding tert-OH is 1. The quantitative estimate of drug-likeness (QED) is 0.757. The van der Waals surface area contributed by atoms with Crippen LogP contribution in [0.2, 0.25) is 0 Å². The molecule has 0 fully saturated rings. The Labute approximate surface area is 143 Å². The molecule has 2 rings (SSSR count). The van der Waals surface area contributed by atoms with Crippen molar-refractivity contribution in [2.75, 3.05) is 5.32 Å². The van der Waals surface area contributed by atoms with E-state index >= 15 is 0 Å². The van der Waals surface area contributed by atoms with Gasteiger partial charge >= 0.3 is 0 Å². The molecule has 0 bridgehead atoms. The second-order valence-electron chi connectivity index (χ2n) is 6.43. The average Bonchev–Trinajstić information content (AvgIpc) is 2.55. The van der Waals surface area contributed by atoms with Gasteiger partial charge in [0.1, 0.15) is 0 Å². The minimum Gasteiger partial charge on any atom is -0.392 e. The molecule has 0 radical (unpaired) electrons. The molecule has 0 aromatic heterocycles. The first-order chi connectivity index (χ1) is 11.4. The van der Waals surface area contributed by atoms with Gasteiger partial charge in [0.05, 0.1) is 6.61 Å². The molecule has 0 saturated carbocycles. The number of anilines is 1. The number of aryl methyl sites for hydroxylation is 1. The fourth-order valence-corrected chi connectivity index (χ4v) is 2.59. The standard InChI is InChI=1S/C20H26N2O2/c1-13(2)21-20(24)19-11-18(9-8-14(19)3)22-15(4)17-7-5-6-16(10-17)12-23/h5-11,13,15,22-23H,12H2,1-4H3,(H,21,24). The molecule has 3 N–H and O–H groups in total. The van der Waals surface area contributed by atoms with E-state index in [0.29, 0.717) is 5.56 Å². The summed E-state index contributed by atoms with van der Waals surface area (Å²) in [5.41, 5.74) is 4.52.